The highest BCUT2D eigenvalue weighted by atomic mass is 16.1. The van der Waals surface area contributed by atoms with Crippen LogP contribution >= 0.6 is 0 Å². The predicted octanol–water partition coefficient (Wildman–Crippen LogP) is 3.74. The van der Waals surface area contributed by atoms with Crippen molar-refractivity contribution >= 4 is 6.29 Å². The normalized spacial score (nSPS) is 13.4. The summed E-state index contributed by atoms with van der Waals surface area (Å²) in [6.07, 6.45) is 12.3. The molecule has 0 aromatic rings. The van der Waals surface area contributed by atoms with Crippen LogP contribution in [0.3, 0.4) is 0 Å². The van der Waals surface area contributed by atoms with Crippen LogP contribution in [0.4, 0.5) is 0 Å². The molecule has 1 heteroatoms. The third-order valence-electron chi connectivity index (χ3n) is 2.28. The van der Waals surface area contributed by atoms with Gasteiger partial charge in [-0.05, 0) is 18.4 Å². The van der Waals surface area contributed by atoms with Gasteiger partial charge in [-0.3, -0.25) is 4.79 Å². The summed E-state index contributed by atoms with van der Waals surface area (Å²) in [5.74, 6) is 0.562. The van der Waals surface area contributed by atoms with Crippen molar-refractivity contribution in [3.05, 3.63) is 12.2 Å². The lowest BCUT2D eigenvalue weighted by atomic mass is 10.0. The Labute approximate surface area is 82.2 Å². The maximum atomic E-state index is 10.0. The molecule has 1 unspecified atom stereocenters. The SMILES string of the molecule is CCCCCCCC(C)/C=C/C=O. The number of carbonyl (C=O) groups is 1. The Bertz CT molecular complexity index is 138. The highest BCUT2D eigenvalue weighted by Gasteiger charge is 1.96. The summed E-state index contributed by atoms with van der Waals surface area (Å²) >= 11 is 0. The van der Waals surface area contributed by atoms with Crippen molar-refractivity contribution in [3.63, 3.8) is 0 Å². The fraction of sp³-hybridized carbons (Fsp3) is 0.750. The second-order valence-electron chi connectivity index (χ2n) is 3.70. The second-order valence-corrected chi connectivity index (χ2v) is 3.70. The van der Waals surface area contributed by atoms with Crippen molar-refractivity contribution in [3.8, 4) is 0 Å². The van der Waals surface area contributed by atoms with E-state index in [0.717, 1.165) is 6.29 Å². The molecule has 0 saturated carbocycles. The van der Waals surface area contributed by atoms with Crippen LogP contribution < -0.4 is 0 Å². The van der Waals surface area contributed by atoms with Crippen molar-refractivity contribution in [2.75, 3.05) is 0 Å². The van der Waals surface area contributed by atoms with Crippen molar-refractivity contribution < 1.29 is 4.79 Å². The molecule has 0 fully saturated rings. The van der Waals surface area contributed by atoms with Gasteiger partial charge in [0.15, 0.2) is 0 Å². The second kappa shape index (κ2) is 9.50. The first kappa shape index (κ1) is 12.4. The molecule has 0 amide bonds. The van der Waals surface area contributed by atoms with E-state index in [0.29, 0.717) is 5.92 Å². The summed E-state index contributed by atoms with van der Waals surface area (Å²) < 4.78 is 0. The van der Waals surface area contributed by atoms with E-state index in [2.05, 4.69) is 13.8 Å². The monoisotopic (exact) mass is 182 g/mol. The number of hydrogen-bond donors (Lipinski definition) is 0. The average molecular weight is 182 g/mol. The van der Waals surface area contributed by atoms with Gasteiger partial charge in [0.05, 0.1) is 0 Å². The van der Waals surface area contributed by atoms with E-state index in [4.69, 9.17) is 0 Å². The van der Waals surface area contributed by atoms with Crippen molar-refractivity contribution in [1.29, 1.82) is 0 Å². The summed E-state index contributed by atoms with van der Waals surface area (Å²) in [4.78, 5) is 10.0. The molecule has 0 aromatic heterocycles. The lowest BCUT2D eigenvalue weighted by Gasteiger charge is -2.04. The molecule has 0 radical (unpaired) electrons. The maximum absolute atomic E-state index is 10.0. The summed E-state index contributed by atoms with van der Waals surface area (Å²) in [6, 6.07) is 0. The molecule has 0 saturated heterocycles. The third-order valence-corrected chi connectivity index (χ3v) is 2.28. The molecule has 13 heavy (non-hydrogen) atoms. The first-order chi connectivity index (χ1) is 6.31. The van der Waals surface area contributed by atoms with Crippen molar-refractivity contribution in [2.45, 2.75) is 52.4 Å². The number of aldehydes is 1. The van der Waals surface area contributed by atoms with Gasteiger partial charge in [-0.1, -0.05) is 52.0 Å². The van der Waals surface area contributed by atoms with Crippen LogP contribution in [-0.2, 0) is 4.79 Å². The van der Waals surface area contributed by atoms with Gasteiger partial charge in [0.1, 0.15) is 6.29 Å². The molecule has 0 aromatic carbocycles. The van der Waals surface area contributed by atoms with Gasteiger partial charge in [-0.15, -0.1) is 0 Å². The fourth-order valence-electron chi connectivity index (χ4n) is 1.40. The molecule has 0 bridgehead atoms. The van der Waals surface area contributed by atoms with E-state index in [1.807, 2.05) is 6.08 Å². The Morgan fingerprint density at radius 2 is 1.85 bits per heavy atom. The van der Waals surface area contributed by atoms with Crippen molar-refractivity contribution in [2.24, 2.45) is 5.92 Å². The molecular weight excluding hydrogens is 160 g/mol. The lowest BCUT2D eigenvalue weighted by Crippen LogP contribution is -1.89. The van der Waals surface area contributed by atoms with Crippen LogP contribution in [0.25, 0.3) is 0 Å². The number of hydrogen-bond acceptors (Lipinski definition) is 1. The molecule has 76 valence electrons. The summed E-state index contributed by atoms with van der Waals surface area (Å²) in [6.45, 7) is 4.40. The smallest absolute Gasteiger partial charge is 0.142 e. The minimum atomic E-state index is 0.562. The van der Waals surface area contributed by atoms with E-state index < -0.39 is 0 Å². The van der Waals surface area contributed by atoms with Crippen LogP contribution in [0.5, 0.6) is 0 Å². The van der Waals surface area contributed by atoms with E-state index in [9.17, 15) is 4.79 Å². The molecule has 0 heterocycles. The minimum absolute atomic E-state index is 0.562. The van der Waals surface area contributed by atoms with E-state index in [1.165, 1.54) is 38.5 Å². The summed E-state index contributed by atoms with van der Waals surface area (Å²) in [5, 5.41) is 0. The van der Waals surface area contributed by atoms with E-state index in [1.54, 1.807) is 6.08 Å². The van der Waals surface area contributed by atoms with E-state index >= 15 is 0 Å². The molecule has 0 N–H and O–H groups in total. The standard InChI is InChI=1S/C12H22O/c1-3-4-5-6-7-9-12(2)10-8-11-13/h8,10-12H,3-7,9H2,1-2H3/b10-8+. The van der Waals surface area contributed by atoms with Crippen LogP contribution in [0.2, 0.25) is 0 Å². The molecule has 0 spiro atoms. The molecule has 1 atom stereocenters. The van der Waals surface area contributed by atoms with Gasteiger partial charge in [0.2, 0.25) is 0 Å². The van der Waals surface area contributed by atoms with Gasteiger partial charge in [0, 0.05) is 0 Å². The highest BCUT2D eigenvalue weighted by molar-refractivity contribution is 5.64. The molecule has 0 aliphatic carbocycles. The fourth-order valence-corrected chi connectivity index (χ4v) is 1.40. The molecule has 0 rings (SSSR count). The predicted molar refractivity (Wildman–Crippen MR) is 57.7 cm³/mol. The van der Waals surface area contributed by atoms with Gasteiger partial charge < -0.3 is 0 Å². The first-order valence-electron chi connectivity index (χ1n) is 5.43. The van der Waals surface area contributed by atoms with Crippen LogP contribution in [0.15, 0.2) is 12.2 Å². The number of unbranched alkanes of at least 4 members (excludes halogenated alkanes) is 4. The van der Waals surface area contributed by atoms with Crippen molar-refractivity contribution in [1.82, 2.24) is 0 Å². The Morgan fingerprint density at radius 3 is 2.46 bits per heavy atom. The largest absolute Gasteiger partial charge is 0.299 e. The molecular formula is C12H22O. The van der Waals surface area contributed by atoms with Gasteiger partial charge in [0.25, 0.3) is 0 Å². The van der Waals surface area contributed by atoms with Gasteiger partial charge >= 0.3 is 0 Å². The summed E-state index contributed by atoms with van der Waals surface area (Å²) in [7, 11) is 0. The Hall–Kier alpha value is -0.590. The third kappa shape index (κ3) is 9.32. The first-order valence-corrected chi connectivity index (χ1v) is 5.43. The average Bonchev–Trinajstić information content (AvgIpc) is 2.14. The Morgan fingerprint density at radius 1 is 1.15 bits per heavy atom. The zero-order valence-corrected chi connectivity index (χ0v) is 8.96. The van der Waals surface area contributed by atoms with Crippen LogP contribution in [0, 0.1) is 5.92 Å². The van der Waals surface area contributed by atoms with Gasteiger partial charge in [-0.2, -0.15) is 0 Å². The Balaban J connectivity index is 3.21. The summed E-state index contributed by atoms with van der Waals surface area (Å²) in [5.41, 5.74) is 0. The topological polar surface area (TPSA) is 17.1 Å². The number of rotatable bonds is 8. The quantitative estimate of drug-likeness (QED) is 0.317. The molecule has 0 aliphatic rings. The molecule has 0 aliphatic heterocycles. The Kier molecular flexibility index (Phi) is 9.07. The lowest BCUT2D eigenvalue weighted by molar-refractivity contribution is -0.104. The minimum Gasteiger partial charge on any atom is -0.299 e. The van der Waals surface area contributed by atoms with Crippen LogP contribution in [-0.4, -0.2) is 6.29 Å². The highest BCUT2D eigenvalue weighted by Crippen LogP contribution is 2.11. The number of carbonyl (C=O) groups excluding carboxylic acids is 1. The zero-order chi connectivity index (χ0) is 9.94. The van der Waals surface area contributed by atoms with Crippen LogP contribution in [0.1, 0.15) is 52.4 Å². The zero-order valence-electron chi connectivity index (χ0n) is 8.96. The number of allylic oxidation sites excluding steroid dienone is 2. The maximum Gasteiger partial charge on any atom is 0.142 e. The van der Waals surface area contributed by atoms with Gasteiger partial charge in [-0.25, -0.2) is 0 Å². The molecule has 1 nitrogen and oxygen atoms in total. The van der Waals surface area contributed by atoms with E-state index in [-0.39, 0.29) is 0 Å².